The van der Waals surface area contributed by atoms with Crippen molar-refractivity contribution in [1.82, 2.24) is 0 Å². The molecule has 0 aliphatic rings. The predicted molar refractivity (Wildman–Crippen MR) is 73.1 cm³/mol. The van der Waals surface area contributed by atoms with Crippen molar-refractivity contribution in [3.8, 4) is 0 Å². The number of hydrogen-bond donors (Lipinski definition) is 1. The van der Waals surface area contributed by atoms with Gasteiger partial charge < -0.3 is 5.11 Å². The van der Waals surface area contributed by atoms with Gasteiger partial charge in [0.25, 0.3) is 0 Å². The van der Waals surface area contributed by atoms with Gasteiger partial charge in [-0.1, -0.05) is 65.2 Å². The topological polar surface area (TPSA) is 37.3 Å². The summed E-state index contributed by atoms with van der Waals surface area (Å²) in [6, 6.07) is 0. The van der Waals surface area contributed by atoms with E-state index >= 15 is 0 Å². The number of aliphatic hydroxyl groups excluding tert-OH is 1. The molecule has 0 fully saturated rings. The van der Waals surface area contributed by atoms with Crippen LogP contribution in [0.1, 0.15) is 84.5 Å². The fourth-order valence-electron chi connectivity index (χ4n) is 2.03. The van der Waals surface area contributed by atoms with Crippen molar-refractivity contribution < 1.29 is 9.90 Å². The summed E-state index contributed by atoms with van der Waals surface area (Å²) in [7, 11) is 0. The van der Waals surface area contributed by atoms with E-state index in [4.69, 9.17) is 0 Å². The molecule has 0 aromatic heterocycles. The van der Waals surface area contributed by atoms with Crippen LogP contribution in [0.4, 0.5) is 0 Å². The molecule has 0 amide bonds. The monoisotopic (exact) mass is 242 g/mol. The molecular weight excluding hydrogens is 212 g/mol. The first kappa shape index (κ1) is 16.6. The Hall–Kier alpha value is -0.370. The summed E-state index contributed by atoms with van der Waals surface area (Å²) < 4.78 is 0. The molecule has 1 atom stereocenters. The summed E-state index contributed by atoms with van der Waals surface area (Å²) >= 11 is 0. The SMILES string of the molecule is CCCCCCCCCCC(=O)C(O)CCC. The van der Waals surface area contributed by atoms with Crippen molar-refractivity contribution in [2.24, 2.45) is 0 Å². The number of carbonyl (C=O) groups excluding carboxylic acids is 1. The summed E-state index contributed by atoms with van der Waals surface area (Å²) in [5.41, 5.74) is 0. The maximum absolute atomic E-state index is 11.5. The van der Waals surface area contributed by atoms with Crippen LogP contribution in [0.3, 0.4) is 0 Å². The average molecular weight is 242 g/mol. The molecule has 0 saturated heterocycles. The van der Waals surface area contributed by atoms with Gasteiger partial charge in [-0.05, 0) is 12.8 Å². The molecule has 0 radical (unpaired) electrons. The van der Waals surface area contributed by atoms with Crippen molar-refractivity contribution in [3.05, 3.63) is 0 Å². The Morgan fingerprint density at radius 1 is 0.882 bits per heavy atom. The molecular formula is C15H30O2. The Labute approximate surface area is 107 Å². The second-order valence-electron chi connectivity index (χ2n) is 5.00. The lowest BCUT2D eigenvalue weighted by molar-refractivity contribution is -0.127. The average Bonchev–Trinajstić information content (AvgIpc) is 2.32. The van der Waals surface area contributed by atoms with Gasteiger partial charge in [0.2, 0.25) is 0 Å². The van der Waals surface area contributed by atoms with E-state index < -0.39 is 6.10 Å². The summed E-state index contributed by atoms with van der Waals surface area (Å²) in [5.74, 6) is 0.0397. The van der Waals surface area contributed by atoms with Crippen molar-refractivity contribution in [2.75, 3.05) is 0 Å². The number of rotatable bonds is 12. The summed E-state index contributed by atoms with van der Waals surface area (Å²) in [4.78, 5) is 11.5. The number of carbonyl (C=O) groups is 1. The summed E-state index contributed by atoms with van der Waals surface area (Å²) in [5, 5.41) is 9.47. The lowest BCUT2D eigenvalue weighted by Crippen LogP contribution is -2.19. The molecule has 0 rings (SSSR count). The Kier molecular flexibility index (Phi) is 11.8. The highest BCUT2D eigenvalue weighted by Gasteiger charge is 2.12. The van der Waals surface area contributed by atoms with Crippen LogP contribution in [0, 0.1) is 0 Å². The van der Waals surface area contributed by atoms with Crippen LogP contribution < -0.4 is 0 Å². The molecule has 0 aromatic carbocycles. The van der Waals surface area contributed by atoms with Crippen molar-refractivity contribution in [3.63, 3.8) is 0 Å². The largest absolute Gasteiger partial charge is 0.385 e. The van der Waals surface area contributed by atoms with Crippen LogP contribution in [0.15, 0.2) is 0 Å². The van der Waals surface area contributed by atoms with Gasteiger partial charge in [0.1, 0.15) is 6.10 Å². The van der Waals surface area contributed by atoms with Gasteiger partial charge in [0.15, 0.2) is 5.78 Å². The minimum Gasteiger partial charge on any atom is -0.385 e. The molecule has 17 heavy (non-hydrogen) atoms. The van der Waals surface area contributed by atoms with Crippen molar-refractivity contribution >= 4 is 5.78 Å². The smallest absolute Gasteiger partial charge is 0.161 e. The number of aliphatic hydroxyl groups is 1. The van der Waals surface area contributed by atoms with Crippen LogP contribution in [0.2, 0.25) is 0 Å². The van der Waals surface area contributed by atoms with Gasteiger partial charge >= 0.3 is 0 Å². The van der Waals surface area contributed by atoms with E-state index in [1.54, 1.807) is 0 Å². The minimum absolute atomic E-state index is 0.0397. The van der Waals surface area contributed by atoms with Crippen LogP contribution in [0.5, 0.6) is 0 Å². The zero-order valence-corrected chi connectivity index (χ0v) is 11.7. The lowest BCUT2D eigenvalue weighted by Gasteiger charge is -2.07. The number of unbranched alkanes of at least 4 members (excludes halogenated alkanes) is 7. The molecule has 2 nitrogen and oxygen atoms in total. The first-order valence-electron chi connectivity index (χ1n) is 7.43. The fraction of sp³-hybridized carbons (Fsp3) is 0.933. The fourth-order valence-corrected chi connectivity index (χ4v) is 2.03. The third-order valence-electron chi connectivity index (χ3n) is 3.21. The number of Topliss-reactive ketones (excluding diaryl/α,β-unsaturated/α-hetero) is 1. The highest BCUT2D eigenvalue weighted by molar-refractivity contribution is 5.82. The van der Waals surface area contributed by atoms with E-state index in [0.717, 1.165) is 19.3 Å². The molecule has 0 spiro atoms. The second kappa shape index (κ2) is 12.1. The molecule has 1 N–H and O–H groups in total. The molecule has 0 aliphatic heterocycles. The predicted octanol–water partition coefficient (Wildman–Crippen LogP) is 4.25. The van der Waals surface area contributed by atoms with Gasteiger partial charge in [-0.25, -0.2) is 0 Å². The zero-order chi connectivity index (χ0) is 12.9. The highest BCUT2D eigenvalue weighted by atomic mass is 16.3. The van der Waals surface area contributed by atoms with E-state index in [2.05, 4.69) is 6.92 Å². The van der Waals surface area contributed by atoms with Gasteiger partial charge in [-0.2, -0.15) is 0 Å². The van der Waals surface area contributed by atoms with E-state index in [1.165, 1.54) is 38.5 Å². The van der Waals surface area contributed by atoms with Crippen LogP contribution in [0.25, 0.3) is 0 Å². The van der Waals surface area contributed by atoms with Gasteiger partial charge in [0, 0.05) is 6.42 Å². The summed E-state index contributed by atoms with van der Waals surface area (Å²) in [6.45, 7) is 4.22. The molecule has 1 unspecified atom stereocenters. The Morgan fingerprint density at radius 2 is 1.41 bits per heavy atom. The second-order valence-corrected chi connectivity index (χ2v) is 5.00. The molecule has 0 aliphatic carbocycles. The van der Waals surface area contributed by atoms with E-state index in [0.29, 0.717) is 12.8 Å². The standard InChI is InChI=1S/C15H30O2/c1-3-5-6-7-8-9-10-11-13-15(17)14(16)12-4-2/h14,16H,3-13H2,1-2H3. The first-order valence-corrected chi connectivity index (χ1v) is 7.43. The zero-order valence-electron chi connectivity index (χ0n) is 11.7. The maximum atomic E-state index is 11.5. The normalized spacial score (nSPS) is 12.6. The number of hydrogen-bond acceptors (Lipinski definition) is 2. The molecule has 0 bridgehead atoms. The Morgan fingerprint density at radius 3 is 1.94 bits per heavy atom. The van der Waals surface area contributed by atoms with E-state index in [1.807, 2.05) is 6.92 Å². The first-order chi connectivity index (χ1) is 8.22. The summed E-state index contributed by atoms with van der Waals surface area (Å²) in [6.07, 6.45) is 11.3. The Bertz CT molecular complexity index is 178. The Balaban J connectivity index is 3.24. The number of ketones is 1. The molecule has 0 aromatic rings. The molecule has 0 heterocycles. The van der Waals surface area contributed by atoms with Gasteiger partial charge in [-0.15, -0.1) is 0 Å². The van der Waals surface area contributed by atoms with Crippen molar-refractivity contribution in [1.29, 1.82) is 0 Å². The quantitative estimate of drug-likeness (QED) is 0.519. The van der Waals surface area contributed by atoms with Crippen LogP contribution in [-0.2, 0) is 4.79 Å². The minimum atomic E-state index is -0.704. The molecule has 2 heteroatoms. The molecule has 102 valence electrons. The molecule has 0 saturated carbocycles. The van der Waals surface area contributed by atoms with Crippen LogP contribution >= 0.6 is 0 Å². The van der Waals surface area contributed by atoms with Gasteiger partial charge in [0.05, 0.1) is 0 Å². The third kappa shape index (κ3) is 10.5. The van der Waals surface area contributed by atoms with Crippen molar-refractivity contribution in [2.45, 2.75) is 90.6 Å². The van der Waals surface area contributed by atoms with E-state index in [-0.39, 0.29) is 5.78 Å². The van der Waals surface area contributed by atoms with Gasteiger partial charge in [-0.3, -0.25) is 4.79 Å². The maximum Gasteiger partial charge on any atom is 0.161 e. The van der Waals surface area contributed by atoms with E-state index in [9.17, 15) is 9.90 Å². The third-order valence-corrected chi connectivity index (χ3v) is 3.21. The highest BCUT2D eigenvalue weighted by Crippen LogP contribution is 2.11. The van der Waals surface area contributed by atoms with Crippen LogP contribution in [-0.4, -0.2) is 17.0 Å². The lowest BCUT2D eigenvalue weighted by atomic mass is 10.0.